The molecule has 1 saturated heterocycles. The van der Waals surface area contributed by atoms with Crippen LogP contribution in [0.1, 0.15) is 60.5 Å². The molecule has 2 heterocycles. The number of amides is 2. The van der Waals surface area contributed by atoms with Crippen LogP contribution in [0.15, 0.2) is 67.0 Å². The number of aromatic nitrogens is 1. The number of carboxylic acid groups (broad SMARTS) is 1. The standard InChI is InChI=1S/C30H33N3O4/c1-19-12-13-26(34)33(18-19)29(22-10-5-4-6-11-22)30(37)32-25(15-27(35)36)23-14-24(17-31-16-23)28-20(2)8-7-9-21(28)3/h4-11,14,16-17,19,25,29H,12-13,15,18H2,1-3H3,(H,32,37)(H,35,36)/t19?,25-,29-/m0/s1. The number of benzene rings is 2. The summed E-state index contributed by atoms with van der Waals surface area (Å²) in [7, 11) is 0. The van der Waals surface area contributed by atoms with Gasteiger partial charge >= 0.3 is 5.97 Å². The smallest absolute Gasteiger partial charge is 0.305 e. The van der Waals surface area contributed by atoms with Crippen molar-refractivity contribution in [1.29, 1.82) is 0 Å². The summed E-state index contributed by atoms with van der Waals surface area (Å²) < 4.78 is 0. The van der Waals surface area contributed by atoms with Crippen LogP contribution < -0.4 is 5.32 Å². The molecule has 1 aliphatic rings. The topological polar surface area (TPSA) is 99.6 Å². The summed E-state index contributed by atoms with van der Waals surface area (Å²) in [6.45, 7) is 6.58. The molecule has 37 heavy (non-hydrogen) atoms. The fourth-order valence-corrected chi connectivity index (χ4v) is 5.13. The number of likely N-dealkylation sites (tertiary alicyclic amines) is 1. The Balaban J connectivity index is 1.69. The Labute approximate surface area is 217 Å². The summed E-state index contributed by atoms with van der Waals surface area (Å²) in [5, 5.41) is 12.6. The minimum absolute atomic E-state index is 0.0735. The molecule has 7 nitrogen and oxygen atoms in total. The third-order valence-electron chi connectivity index (χ3n) is 6.98. The van der Waals surface area contributed by atoms with E-state index in [0.29, 0.717) is 24.1 Å². The van der Waals surface area contributed by atoms with E-state index in [1.54, 1.807) is 17.3 Å². The Morgan fingerprint density at radius 2 is 1.76 bits per heavy atom. The van der Waals surface area contributed by atoms with Crippen molar-refractivity contribution in [3.8, 4) is 11.1 Å². The molecule has 3 atom stereocenters. The normalized spacial score (nSPS) is 17.2. The van der Waals surface area contributed by atoms with Crippen LogP contribution in [0.25, 0.3) is 11.1 Å². The first-order valence-corrected chi connectivity index (χ1v) is 12.6. The molecule has 4 rings (SSSR count). The lowest BCUT2D eigenvalue weighted by Gasteiger charge is -2.37. The number of piperidine rings is 1. The molecule has 1 aromatic heterocycles. The molecular weight excluding hydrogens is 466 g/mol. The van der Waals surface area contributed by atoms with Gasteiger partial charge in [-0.3, -0.25) is 19.4 Å². The summed E-state index contributed by atoms with van der Waals surface area (Å²) >= 11 is 0. The monoisotopic (exact) mass is 499 g/mol. The van der Waals surface area contributed by atoms with E-state index < -0.39 is 24.0 Å². The fourth-order valence-electron chi connectivity index (χ4n) is 5.13. The summed E-state index contributed by atoms with van der Waals surface area (Å²) in [5.74, 6) is -1.25. The molecule has 1 aliphatic heterocycles. The fraction of sp³-hybridized carbons (Fsp3) is 0.333. The minimum atomic E-state index is -1.04. The van der Waals surface area contributed by atoms with Crippen molar-refractivity contribution in [2.24, 2.45) is 5.92 Å². The quantitative estimate of drug-likeness (QED) is 0.455. The third kappa shape index (κ3) is 6.05. The van der Waals surface area contributed by atoms with Crippen LogP contribution in [0, 0.1) is 19.8 Å². The Morgan fingerprint density at radius 1 is 1.05 bits per heavy atom. The maximum absolute atomic E-state index is 13.8. The van der Waals surface area contributed by atoms with Crippen LogP contribution in [0.4, 0.5) is 0 Å². The number of carbonyl (C=O) groups is 3. The lowest BCUT2D eigenvalue weighted by molar-refractivity contribution is -0.145. The number of hydrogen-bond donors (Lipinski definition) is 2. The van der Waals surface area contributed by atoms with Gasteiger partial charge in [-0.25, -0.2) is 0 Å². The largest absolute Gasteiger partial charge is 0.481 e. The molecule has 7 heteroatoms. The molecule has 0 radical (unpaired) electrons. The molecule has 1 unspecified atom stereocenters. The van der Waals surface area contributed by atoms with Crippen LogP contribution in [0.5, 0.6) is 0 Å². The van der Waals surface area contributed by atoms with Gasteiger partial charge in [0.05, 0.1) is 12.5 Å². The number of rotatable bonds is 8. The van der Waals surface area contributed by atoms with Gasteiger partial charge < -0.3 is 15.3 Å². The molecule has 2 N–H and O–H groups in total. The number of aliphatic carboxylic acids is 1. The maximum atomic E-state index is 13.8. The Bertz CT molecular complexity index is 1270. The first kappa shape index (κ1) is 26.1. The molecule has 0 saturated carbocycles. The van der Waals surface area contributed by atoms with E-state index in [1.807, 2.05) is 68.4 Å². The number of aryl methyl sites for hydroxylation is 2. The maximum Gasteiger partial charge on any atom is 0.305 e. The highest BCUT2D eigenvalue weighted by Gasteiger charge is 2.36. The Kier molecular flexibility index (Phi) is 8.01. The number of nitrogens with one attached hydrogen (secondary N) is 1. The van der Waals surface area contributed by atoms with Gasteiger partial charge in [0.15, 0.2) is 0 Å². The highest BCUT2D eigenvalue weighted by atomic mass is 16.4. The molecule has 192 valence electrons. The van der Waals surface area contributed by atoms with E-state index in [2.05, 4.69) is 17.2 Å². The Morgan fingerprint density at radius 3 is 2.43 bits per heavy atom. The number of carboxylic acids is 1. The van der Waals surface area contributed by atoms with Crippen molar-refractivity contribution in [1.82, 2.24) is 15.2 Å². The molecule has 2 amide bonds. The van der Waals surface area contributed by atoms with E-state index in [-0.39, 0.29) is 18.2 Å². The van der Waals surface area contributed by atoms with Crippen LogP contribution in [0.2, 0.25) is 0 Å². The van der Waals surface area contributed by atoms with Crippen LogP contribution in [-0.4, -0.2) is 39.3 Å². The van der Waals surface area contributed by atoms with E-state index in [0.717, 1.165) is 28.7 Å². The number of carbonyl (C=O) groups excluding carboxylic acids is 2. The van der Waals surface area contributed by atoms with Gasteiger partial charge in [0.1, 0.15) is 6.04 Å². The van der Waals surface area contributed by atoms with Crippen molar-refractivity contribution >= 4 is 17.8 Å². The van der Waals surface area contributed by atoms with Gasteiger partial charge in [-0.2, -0.15) is 0 Å². The predicted octanol–water partition coefficient (Wildman–Crippen LogP) is 5.00. The molecule has 2 aromatic carbocycles. The lowest BCUT2D eigenvalue weighted by atomic mass is 9.93. The van der Waals surface area contributed by atoms with Gasteiger partial charge in [0, 0.05) is 30.9 Å². The average Bonchev–Trinajstić information content (AvgIpc) is 2.86. The molecule has 3 aromatic rings. The van der Waals surface area contributed by atoms with Gasteiger partial charge in [0.2, 0.25) is 11.8 Å². The zero-order chi connectivity index (χ0) is 26.5. The molecule has 0 aliphatic carbocycles. The SMILES string of the molecule is Cc1cccc(C)c1-c1cncc([C@H](CC(=O)O)NC(=O)[C@H](c2ccccc2)N2CC(C)CCC2=O)c1. The second kappa shape index (κ2) is 11.4. The van der Waals surface area contributed by atoms with Crippen LogP contribution >= 0.6 is 0 Å². The predicted molar refractivity (Wildman–Crippen MR) is 142 cm³/mol. The van der Waals surface area contributed by atoms with E-state index in [4.69, 9.17) is 0 Å². The van der Waals surface area contributed by atoms with Gasteiger partial charge in [-0.15, -0.1) is 0 Å². The molecule has 0 spiro atoms. The van der Waals surface area contributed by atoms with Crippen molar-refractivity contribution in [3.63, 3.8) is 0 Å². The highest BCUT2D eigenvalue weighted by molar-refractivity contribution is 5.89. The lowest BCUT2D eigenvalue weighted by Crippen LogP contribution is -2.48. The first-order chi connectivity index (χ1) is 17.7. The summed E-state index contributed by atoms with van der Waals surface area (Å²) in [5.41, 5.74) is 5.35. The number of nitrogens with zero attached hydrogens (tertiary/aromatic N) is 2. The summed E-state index contributed by atoms with van der Waals surface area (Å²) in [6, 6.07) is 15.4. The van der Waals surface area contributed by atoms with Crippen molar-refractivity contribution in [2.45, 2.75) is 52.1 Å². The third-order valence-corrected chi connectivity index (χ3v) is 6.98. The molecule has 0 bridgehead atoms. The van der Waals surface area contributed by atoms with Gasteiger partial charge in [-0.05, 0) is 60.1 Å². The van der Waals surface area contributed by atoms with Gasteiger partial charge in [-0.1, -0.05) is 55.5 Å². The minimum Gasteiger partial charge on any atom is -0.481 e. The van der Waals surface area contributed by atoms with Crippen molar-refractivity contribution < 1.29 is 19.5 Å². The van der Waals surface area contributed by atoms with Gasteiger partial charge in [0.25, 0.3) is 0 Å². The highest BCUT2D eigenvalue weighted by Crippen LogP contribution is 2.31. The van der Waals surface area contributed by atoms with Crippen molar-refractivity contribution in [2.75, 3.05) is 6.54 Å². The Hall–Kier alpha value is -4.00. The van der Waals surface area contributed by atoms with Crippen LogP contribution in [0.3, 0.4) is 0 Å². The van der Waals surface area contributed by atoms with E-state index >= 15 is 0 Å². The second-order valence-electron chi connectivity index (χ2n) is 9.94. The summed E-state index contributed by atoms with van der Waals surface area (Å²) in [6.07, 6.45) is 4.21. The average molecular weight is 500 g/mol. The number of hydrogen-bond acceptors (Lipinski definition) is 4. The van der Waals surface area contributed by atoms with E-state index in [9.17, 15) is 19.5 Å². The zero-order valence-corrected chi connectivity index (χ0v) is 21.5. The van der Waals surface area contributed by atoms with E-state index in [1.165, 1.54) is 0 Å². The first-order valence-electron chi connectivity index (χ1n) is 12.6. The van der Waals surface area contributed by atoms with Crippen molar-refractivity contribution in [3.05, 3.63) is 89.2 Å². The zero-order valence-electron chi connectivity index (χ0n) is 21.5. The molecule has 1 fully saturated rings. The van der Waals surface area contributed by atoms with Crippen LogP contribution in [-0.2, 0) is 14.4 Å². The number of pyridine rings is 1. The summed E-state index contributed by atoms with van der Waals surface area (Å²) in [4.78, 5) is 44.5. The molecular formula is C30H33N3O4. The second-order valence-corrected chi connectivity index (χ2v) is 9.94.